The summed E-state index contributed by atoms with van der Waals surface area (Å²) >= 11 is 0. The predicted octanol–water partition coefficient (Wildman–Crippen LogP) is 3.01. The van der Waals surface area contributed by atoms with Crippen molar-refractivity contribution >= 4 is 16.1 Å². The van der Waals surface area contributed by atoms with Gasteiger partial charge in [-0.05, 0) is 18.1 Å². The lowest BCUT2D eigenvalue weighted by Crippen LogP contribution is -2.43. The smallest absolute Gasteiger partial charge is 0.400 e. The van der Waals surface area contributed by atoms with Gasteiger partial charge in [0.25, 0.3) is 10.0 Å². The Morgan fingerprint density at radius 3 is 2.17 bits per heavy atom. The van der Waals surface area contributed by atoms with E-state index in [2.05, 4.69) is 4.40 Å². The molecule has 0 saturated carbocycles. The van der Waals surface area contributed by atoms with Gasteiger partial charge in [0.2, 0.25) is 0 Å². The van der Waals surface area contributed by atoms with E-state index in [9.17, 15) is 8.42 Å². The second-order valence-electron chi connectivity index (χ2n) is 5.44. The molecule has 0 N–H and O–H groups in total. The first kappa shape index (κ1) is 15.6. The van der Waals surface area contributed by atoms with Crippen LogP contribution in [0.25, 0.3) is 0 Å². The van der Waals surface area contributed by atoms with Crippen LogP contribution < -0.4 is 0 Å². The molecule has 1 aliphatic rings. The average Bonchev–Trinajstić information content (AvgIpc) is 2.55. The van der Waals surface area contributed by atoms with Crippen LogP contribution >= 0.6 is 0 Å². The standard InChI is InChI=1S/C17H17NO4S/c1-17(14-11-7-4-8-12-14)15(13-9-5-3-6-10-13)23(19,20)18-16(21-2)22-17/h3-12,15H,1-2H3/t15-,17-/m1/s1. The summed E-state index contributed by atoms with van der Waals surface area (Å²) < 4.78 is 40.1. The number of methoxy groups -OCH3 is 1. The molecule has 0 bridgehead atoms. The zero-order chi connectivity index (χ0) is 16.5. The minimum absolute atomic E-state index is 0.247. The summed E-state index contributed by atoms with van der Waals surface area (Å²) in [6.07, 6.45) is -0.247. The first-order chi connectivity index (χ1) is 11.0. The van der Waals surface area contributed by atoms with Crippen molar-refractivity contribution in [1.29, 1.82) is 0 Å². The summed E-state index contributed by atoms with van der Waals surface area (Å²) in [6.45, 7) is 1.74. The van der Waals surface area contributed by atoms with E-state index in [1.54, 1.807) is 31.2 Å². The van der Waals surface area contributed by atoms with Crippen LogP contribution in [-0.4, -0.2) is 21.6 Å². The average molecular weight is 331 g/mol. The highest BCUT2D eigenvalue weighted by atomic mass is 32.2. The molecule has 0 spiro atoms. The zero-order valence-electron chi connectivity index (χ0n) is 12.8. The molecule has 5 nitrogen and oxygen atoms in total. The molecule has 0 aromatic heterocycles. The van der Waals surface area contributed by atoms with E-state index < -0.39 is 20.9 Å². The molecule has 23 heavy (non-hydrogen) atoms. The van der Waals surface area contributed by atoms with Gasteiger partial charge >= 0.3 is 6.08 Å². The molecule has 1 heterocycles. The quantitative estimate of drug-likeness (QED) is 0.848. The largest absolute Gasteiger partial charge is 0.453 e. The van der Waals surface area contributed by atoms with E-state index in [4.69, 9.17) is 9.47 Å². The monoisotopic (exact) mass is 331 g/mol. The summed E-state index contributed by atoms with van der Waals surface area (Å²) in [5.41, 5.74) is 0.216. The lowest BCUT2D eigenvalue weighted by Gasteiger charge is -2.39. The minimum atomic E-state index is -3.86. The van der Waals surface area contributed by atoms with Crippen molar-refractivity contribution in [3.05, 3.63) is 71.8 Å². The highest BCUT2D eigenvalue weighted by Crippen LogP contribution is 2.46. The highest BCUT2D eigenvalue weighted by Gasteiger charge is 2.51. The first-order valence-corrected chi connectivity index (χ1v) is 8.65. The van der Waals surface area contributed by atoms with Crippen molar-refractivity contribution < 1.29 is 17.9 Å². The van der Waals surface area contributed by atoms with Crippen LogP contribution in [0.1, 0.15) is 23.3 Å². The van der Waals surface area contributed by atoms with Crippen molar-refractivity contribution in [2.24, 2.45) is 4.40 Å². The number of rotatable bonds is 2. The normalized spacial score (nSPS) is 26.0. The van der Waals surface area contributed by atoms with Gasteiger partial charge in [0.05, 0.1) is 7.11 Å². The molecule has 2 aromatic carbocycles. The summed E-state index contributed by atoms with van der Waals surface area (Å²) in [4.78, 5) is 0. The van der Waals surface area contributed by atoms with Gasteiger partial charge < -0.3 is 9.47 Å². The van der Waals surface area contributed by atoms with E-state index >= 15 is 0 Å². The summed E-state index contributed by atoms with van der Waals surface area (Å²) in [5, 5.41) is -0.961. The Morgan fingerprint density at radius 1 is 1.04 bits per heavy atom. The van der Waals surface area contributed by atoms with E-state index in [1.807, 2.05) is 36.4 Å². The number of benzene rings is 2. The Hall–Kier alpha value is -2.34. The second kappa shape index (κ2) is 5.70. The molecule has 0 saturated heterocycles. The van der Waals surface area contributed by atoms with Crippen molar-refractivity contribution in [2.75, 3.05) is 7.11 Å². The number of hydrogen-bond donors (Lipinski definition) is 0. The third kappa shape index (κ3) is 2.70. The Balaban J connectivity index is 2.25. The molecular formula is C17H17NO4S. The predicted molar refractivity (Wildman–Crippen MR) is 87.4 cm³/mol. The number of ether oxygens (including phenoxy) is 2. The molecule has 2 atom stereocenters. The van der Waals surface area contributed by atoms with E-state index in [0.29, 0.717) is 5.56 Å². The molecule has 1 aliphatic heterocycles. The van der Waals surface area contributed by atoms with Crippen molar-refractivity contribution in [3.63, 3.8) is 0 Å². The maximum atomic E-state index is 12.8. The molecule has 3 rings (SSSR count). The van der Waals surface area contributed by atoms with Crippen LogP contribution in [0.3, 0.4) is 0 Å². The van der Waals surface area contributed by atoms with Crippen LogP contribution in [0.15, 0.2) is 65.1 Å². The van der Waals surface area contributed by atoms with Crippen LogP contribution in [0.2, 0.25) is 0 Å². The number of sulfonamides is 1. The molecule has 0 radical (unpaired) electrons. The molecule has 0 fully saturated rings. The van der Waals surface area contributed by atoms with Gasteiger partial charge in [0, 0.05) is 0 Å². The Morgan fingerprint density at radius 2 is 1.61 bits per heavy atom. The SMILES string of the molecule is COC1=NS(=O)(=O)[C@H](c2ccccc2)[C@@](C)(c2ccccc2)O1. The Bertz CT molecular complexity index is 818. The highest BCUT2D eigenvalue weighted by molar-refractivity contribution is 7.90. The molecule has 0 unspecified atom stereocenters. The van der Waals surface area contributed by atoms with Crippen LogP contribution in [0.5, 0.6) is 0 Å². The van der Waals surface area contributed by atoms with Gasteiger partial charge in [-0.1, -0.05) is 65.1 Å². The molecular weight excluding hydrogens is 314 g/mol. The maximum Gasteiger partial charge on any atom is 0.400 e. The van der Waals surface area contributed by atoms with Crippen LogP contribution in [0.4, 0.5) is 0 Å². The Kier molecular flexibility index (Phi) is 3.85. The third-order valence-electron chi connectivity index (χ3n) is 3.92. The number of nitrogens with zero attached hydrogens (tertiary/aromatic N) is 1. The zero-order valence-corrected chi connectivity index (χ0v) is 13.7. The van der Waals surface area contributed by atoms with Gasteiger partial charge in [-0.15, -0.1) is 0 Å². The summed E-state index contributed by atoms with van der Waals surface area (Å²) in [5.74, 6) is 0. The van der Waals surface area contributed by atoms with Crippen molar-refractivity contribution in [2.45, 2.75) is 17.8 Å². The fourth-order valence-electron chi connectivity index (χ4n) is 2.87. The lowest BCUT2D eigenvalue weighted by atomic mass is 9.88. The second-order valence-corrected chi connectivity index (χ2v) is 7.13. The van der Waals surface area contributed by atoms with Gasteiger partial charge in [-0.3, -0.25) is 0 Å². The summed E-state index contributed by atoms with van der Waals surface area (Å²) in [6, 6.07) is 18.2. The van der Waals surface area contributed by atoms with Crippen LogP contribution in [-0.2, 0) is 25.1 Å². The topological polar surface area (TPSA) is 65.0 Å². The molecule has 0 aliphatic carbocycles. The lowest BCUT2D eigenvalue weighted by molar-refractivity contribution is 0.0247. The molecule has 2 aromatic rings. The van der Waals surface area contributed by atoms with E-state index in [0.717, 1.165) is 5.56 Å². The van der Waals surface area contributed by atoms with Crippen LogP contribution in [0, 0.1) is 0 Å². The maximum absolute atomic E-state index is 12.8. The third-order valence-corrected chi connectivity index (χ3v) is 5.64. The molecule has 120 valence electrons. The van der Waals surface area contributed by atoms with Crippen molar-refractivity contribution in [3.8, 4) is 0 Å². The van der Waals surface area contributed by atoms with Gasteiger partial charge in [0.15, 0.2) is 10.9 Å². The summed E-state index contributed by atoms with van der Waals surface area (Å²) in [7, 11) is -2.52. The minimum Gasteiger partial charge on any atom is -0.453 e. The molecule has 0 amide bonds. The van der Waals surface area contributed by atoms with E-state index in [1.165, 1.54) is 7.11 Å². The first-order valence-electron chi connectivity index (χ1n) is 7.14. The van der Waals surface area contributed by atoms with Gasteiger partial charge in [-0.2, -0.15) is 0 Å². The van der Waals surface area contributed by atoms with Gasteiger partial charge in [-0.25, -0.2) is 8.42 Å². The number of hydrogen-bond acceptors (Lipinski definition) is 4. The molecule has 6 heteroatoms. The Labute approximate surface area is 135 Å². The fraction of sp³-hybridized carbons (Fsp3) is 0.235. The van der Waals surface area contributed by atoms with E-state index in [-0.39, 0.29) is 6.08 Å². The van der Waals surface area contributed by atoms with Gasteiger partial charge in [0.1, 0.15) is 0 Å². The fourth-order valence-corrected chi connectivity index (χ4v) is 4.55. The van der Waals surface area contributed by atoms with Crippen molar-refractivity contribution in [1.82, 2.24) is 0 Å².